The first-order chi connectivity index (χ1) is 14.2. The molecule has 0 amide bonds. The number of nitrogens with zero attached hydrogens (tertiary/aromatic N) is 1. The van der Waals surface area contributed by atoms with E-state index in [0.717, 1.165) is 38.4 Å². The third-order valence-corrected chi connectivity index (χ3v) is 4.30. The molecule has 1 aromatic rings. The van der Waals surface area contributed by atoms with E-state index in [4.69, 9.17) is 34.0 Å². The summed E-state index contributed by atoms with van der Waals surface area (Å²) < 4.78 is 17.3. The van der Waals surface area contributed by atoms with Gasteiger partial charge in [0, 0.05) is 19.6 Å². The summed E-state index contributed by atoms with van der Waals surface area (Å²) in [5.74, 6) is -2.72. The Bertz CT molecular complexity index is 670. The second-order valence-electron chi connectivity index (χ2n) is 7.19. The van der Waals surface area contributed by atoms with Crippen molar-refractivity contribution in [3.05, 3.63) is 42.0 Å². The molecule has 1 saturated heterocycles. The molecule has 8 nitrogen and oxygen atoms in total. The van der Waals surface area contributed by atoms with Gasteiger partial charge < -0.3 is 24.4 Å². The van der Waals surface area contributed by atoms with Gasteiger partial charge in [0.2, 0.25) is 0 Å². The van der Waals surface area contributed by atoms with Crippen LogP contribution in [0.5, 0.6) is 5.75 Å². The predicted octanol–water partition coefficient (Wildman–Crippen LogP) is 2.38. The molecule has 1 aliphatic heterocycles. The fourth-order valence-corrected chi connectivity index (χ4v) is 3.14. The molecular formula is C22H33NO7. The molecule has 2 rings (SSSR count). The molecule has 1 aliphatic rings. The van der Waals surface area contributed by atoms with Gasteiger partial charge in [-0.25, -0.2) is 9.59 Å². The molecule has 0 bridgehead atoms. The van der Waals surface area contributed by atoms with Crippen molar-refractivity contribution < 1.29 is 34.0 Å². The first kappa shape index (κ1) is 25.6. The molecule has 8 heteroatoms. The number of rotatable bonds is 9. The van der Waals surface area contributed by atoms with Gasteiger partial charge in [-0.05, 0) is 38.8 Å². The van der Waals surface area contributed by atoms with Crippen LogP contribution in [0.4, 0.5) is 0 Å². The Morgan fingerprint density at radius 1 is 1.17 bits per heavy atom. The van der Waals surface area contributed by atoms with Crippen molar-refractivity contribution in [1.82, 2.24) is 4.90 Å². The number of allylic oxidation sites excluding steroid dienone is 1. The van der Waals surface area contributed by atoms with E-state index in [2.05, 4.69) is 44.4 Å². The fraction of sp³-hybridized carbons (Fsp3) is 0.545. The molecule has 0 saturated carbocycles. The maximum atomic E-state index is 9.10. The van der Waals surface area contributed by atoms with E-state index in [9.17, 15) is 0 Å². The van der Waals surface area contributed by atoms with Crippen LogP contribution >= 0.6 is 0 Å². The van der Waals surface area contributed by atoms with Gasteiger partial charge >= 0.3 is 11.9 Å². The van der Waals surface area contributed by atoms with Crippen molar-refractivity contribution in [2.75, 3.05) is 39.5 Å². The van der Waals surface area contributed by atoms with Crippen molar-refractivity contribution in [1.29, 1.82) is 0 Å². The summed E-state index contributed by atoms with van der Waals surface area (Å²) in [5.41, 5.74) is 2.42. The van der Waals surface area contributed by atoms with Crippen LogP contribution in [-0.4, -0.2) is 78.7 Å². The Hall–Kier alpha value is -2.42. The highest BCUT2D eigenvalue weighted by Crippen LogP contribution is 2.20. The Morgan fingerprint density at radius 3 is 2.37 bits per heavy atom. The highest BCUT2D eigenvalue weighted by Gasteiger charge is 2.21. The number of aryl methyl sites for hydroxylation is 1. The Morgan fingerprint density at radius 2 is 1.80 bits per heavy atom. The summed E-state index contributed by atoms with van der Waals surface area (Å²) in [6.07, 6.45) is 3.34. The number of benzene rings is 1. The van der Waals surface area contributed by atoms with Gasteiger partial charge in [-0.1, -0.05) is 23.8 Å². The van der Waals surface area contributed by atoms with Crippen molar-refractivity contribution in [2.45, 2.75) is 39.4 Å². The van der Waals surface area contributed by atoms with Crippen molar-refractivity contribution in [3.63, 3.8) is 0 Å². The molecule has 30 heavy (non-hydrogen) atoms. The molecule has 168 valence electrons. The molecule has 1 heterocycles. The number of morpholine rings is 1. The van der Waals surface area contributed by atoms with Crippen molar-refractivity contribution >= 4 is 11.9 Å². The zero-order chi connectivity index (χ0) is 22.5. The molecule has 0 aromatic heterocycles. The van der Waals surface area contributed by atoms with Gasteiger partial charge in [-0.2, -0.15) is 0 Å². The lowest BCUT2D eigenvalue weighted by Crippen LogP contribution is -2.46. The predicted molar refractivity (Wildman–Crippen MR) is 113 cm³/mol. The summed E-state index contributed by atoms with van der Waals surface area (Å²) in [6, 6.07) is 6.26. The van der Waals surface area contributed by atoms with Gasteiger partial charge in [0.1, 0.15) is 12.4 Å². The zero-order valence-corrected chi connectivity index (χ0v) is 18.0. The summed E-state index contributed by atoms with van der Waals surface area (Å²) >= 11 is 0. The molecule has 1 aromatic carbocycles. The largest absolute Gasteiger partial charge is 0.491 e. The van der Waals surface area contributed by atoms with E-state index >= 15 is 0 Å². The van der Waals surface area contributed by atoms with Gasteiger partial charge in [0.25, 0.3) is 0 Å². The van der Waals surface area contributed by atoms with Crippen LogP contribution in [0.1, 0.15) is 25.0 Å². The summed E-state index contributed by atoms with van der Waals surface area (Å²) in [5, 5.41) is 14.8. The first-order valence-electron chi connectivity index (χ1n) is 9.97. The summed E-state index contributed by atoms with van der Waals surface area (Å²) in [4.78, 5) is 20.6. The number of aliphatic carboxylic acids is 2. The van der Waals surface area contributed by atoms with Crippen LogP contribution in [0.3, 0.4) is 0 Å². The Kier molecular flexibility index (Phi) is 11.7. The lowest BCUT2D eigenvalue weighted by atomic mass is 10.1. The van der Waals surface area contributed by atoms with Crippen LogP contribution in [0.25, 0.3) is 0 Å². The highest BCUT2D eigenvalue weighted by atomic mass is 16.5. The smallest absolute Gasteiger partial charge is 0.414 e. The molecule has 1 fully saturated rings. The quantitative estimate of drug-likeness (QED) is 0.354. The average Bonchev–Trinajstić information content (AvgIpc) is 2.66. The lowest BCUT2D eigenvalue weighted by molar-refractivity contribution is -0.159. The van der Waals surface area contributed by atoms with Gasteiger partial charge in [-0.3, -0.25) is 4.90 Å². The number of ether oxygens (including phenoxy) is 3. The van der Waals surface area contributed by atoms with Gasteiger partial charge in [0.15, 0.2) is 0 Å². The minimum absolute atomic E-state index is 0.307. The van der Waals surface area contributed by atoms with Crippen LogP contribution in [0, 0.1) is 6.92 Å². The molecule has 2 unspecified atom stereocenters. The van der Waals surface area contributed by atoms with Crippen LogP contribution in [0.15, 0.2) is 30.9 Å². The minimum atomic E-state index is -1.82. The number of hydrogen-bond donors (Lipinski definition) is 2. The number of carboxylic acids is 2. The molecule has 2 atom stereocenters. The van der Waals surface area contributed by atoms with Crippen LogP contribution < -0.4 is 4.74 Å². The van der Waals surface area contributed by atoms with Gasteiger partial charge in [0.05, 0.1) is 25.4 Å². The topological polar surface area (TPSA) is 106 Å². The van der Waals surface area contributed by atoms with Crippen molar-refractivity contribution in [3.8, 4) is 5.75 Å². The SMILES string of the molecule is C=CCc1cc(C)ccc1OCCOCCN1CC(C)OC(C)C1.O=C(O)C(=O)O. The maximum Gasteiger partial charge on any atom is 0.414 e. The zero-order valence-electron chi connectivity index (χ0n) is 18.0. The highest BCUT2D eigenvalue weighted by molar-refractivity contribution is 6.27. The first-order valence-corrected chi connectivity index (χ1v) is 9.97. The third-order valence-electron chi connectivity index (χ3n) is 4.30. The monoisotopic (exact) mass is 423 g/mol. The normalized spacial score (nSPS) is 18.8. The summed E-state index contributed by atoms with van der Waals surface area (Å²) in [7, 11) is 0. The second kappa shape index (κ2) is 13.7. The van der Waals surface area contributed by atoms with E-state index in [1.165, 1.54) is 11.1 Å². The molecule has 0 aliphatic carbocycles. The average molecular weight is 424 g/mol. The van der Waals surface area contributed by atoms with E-state index in [1.54, 1.807) is 0 Å². The second-order valence-corrected chi connectivity index (χ2v) is 7.19. The molecule has 2 N–H and O–H groups in total. The Labute approximate surface area is 178 Å². The number of carboxylic acid groups (broad SMARTS) is 2. The molecule has 0 spiro atoms. The van der Waals surface area contributed by atoms with E-state index in [-0.39, 0.29) is 0 Å². The van der Waals surface area contributed by atoms with Gasteiger partial charge in [-0.15, -0.1) is 6.58 Å². The molecule has 0 radical (unpaired) electrons. The van der Waals surface area contributed by atoms with Crippen LogP contribution in [-0.2, 0) is 25.5 Å². The van der Waals surface area contributed by atoms with E-state index in [0.29, 0.717) is 25.4 Å². The third kappa shape index (κ3) is 10.4. The maximum absolute atomic E-state index is 9.10. The van der Waals surface area contributed by atoms with E-state index < -0.39 is 11.9 Å². The standard InChI is InChI=1S/C20H31NO3.C2H2O4/c1-5-6-19-13-16(2)7-8-20(19)23-12-11-22-10-9-21-14-17(3)24-18(4)15-21;3-1(4)2(5)6/h5,7-8,13,17-18H,1,6,9-12,14-15H2,2-4H3;(H,3,4)(H,5,6). The fourth-order valence-electron chi connectivity index (χ4n) is 3.14. The lowest BCUT2D eigenvalue weighted by Gasteiger charge is -2.35. The van der Waals surface area contributed by atoms with Crippen LogP contribution in [0.2, 0.25) is 0 Å². The van der Waals surface area contributed by atoms with Crippen molar-refractivity contribution in [2.24, 2.45) is 0 Å². The number of hydrogen-bond acceptors (Lipinski definition) is 6. The Balaban J connectivity index is 0.000000656. The minimum Gasteiger partial charge on any atom is -0.491 e. The van der Waals surface area contributed by atoms with E-state index in [1.807, 2.05) is 12.1 Å². The molecular weight excluding hydrogens is 390 g/mol. The summed E-state index contributed by atoms with van der Waals surface area (Å²) in [6.45, 7) is 15.0. The number of carbonyl (C=O) groups is 2.